The van der Waals surface area contributed by atoms with Gasteiger partial charge in [-0.3, -0.25) is 0 Å². The molecule has 71 valence electrons. The van der Waals surface area contributed by atoms with Crippen LogP contribution in [0.25, 0.3) is 21.5 Å². The lowest BCUT2D eigenvalue weighted by Crippen LogP contribution is -1.84. The molecule has 3 aromatic carbocycles. The van der Waals surface area contributed by atoms with Crippen LogP contribution in [0, 0.1) is 6.07 Å². The summed E-state index contributed by atoms with van der Waals surface area (Å²) in [6, 6.07) is 19.6. The number of benzene rings is 3. The van der Waals surface area contributed by atoms with E-state index in [9.17, 15) is 0 Å². The van der Waals surface area contributed by atoms with E-state index in [-0.39, 0.29) is 0 Å². The van der Waals surface area contributed by atoms with Crippen LogP contribution in [0.4, 0.5) is 5.69 Å². The Kier molecular flexibility index (Phi) is 1.65. The van der Waals surface area contributed by atoms with Crippen molar-refractivity contribution in [3.05, 3.63) is 54.6 Å². The Hall–Kier alpha value is -2.02. The lowest BCUT2D eigenvalue weighted by molar-refractivity contribution is 1.73. The molecular formula is C14H10N. The van der Waals surface area contributed by atoms with Crippen molar-refractivity contribution in [1.82, 2.24) is 0 Å². The second kappa shape index (κ2) is 2.99. The van der Waals surface area contributed by atoms with Crippen molar-refractivity contribution in [2.24, 2.45) is 0 Å². The zero-order valence-corrected chi connectivity index (χ0v) is 8.20. The van der Waals surface area contributed by atoms with Gasteiger partial charge in [0.2, 0.25) is 0 Å². The molecule has 0 atom stereocenters. The summed E-state index contributed by atoms with van der Waals surface area (Å²) >= 11 is 0. The zero-order chi connectivity index (χ0) is 10.3. The maximum absolute atomic E-state index is 5.71. The second-order valence-corrected chi connectivity index (χ2v) is 3.66. The zero-order valence-electron chi connectivity index (χ0n) is 8.20. The Balaban J connectivity index is 2.55. The first-order valence-corrected chi connectivity index (χ1v) is 4.94. The number of nitrogens with two attached hydrogens (primary N) is 1. The topological polar surface area (TPSA) is 26.0 Å². The Morgan fingerprint density at radius 1 is 0.800 bits per heavy atom. The fourth-order valence-corrected chi connectivity index (χ4v) is 1.95. The third kappa shape index (κ3) is 1.24. The van der Waals surface area contributed by atoms with E-state index in [0.29, 0.717) is 5.69 Å². The molecule has 0 fully saturated rings. The third-order valence-corrected chi connectivity index (χ3v) is 2.68. The van der Waals surface area contributed by atoms with Gasteiger partial charge in [0.25, 0.3) is 0 Å². The van der Waals surface area contributed by atoms with Crippen LogP contribution in [-0.4, -0.2) is 0 Å². The predicted molar refractivity (Wildman–Crippen MR) is 64.7 cm³/mol. The van der Waals surface area contributed by atoms with E-state index in [4.69, 9.17) is 5.73 Å². The average molecular weight is 192 g/mol. The van der Waals surface area contributed by atoms with Crippen LogP contribution in [0.5, 0.6) is 0 Å². The Morgan fingerprint density at radius 3 is 2.60 bits per heavy atom. The van der Waals surface area contributed by atoms with Gasteiger partial charge in [0.1, 0.15) is 0 Å². The first-order valence-electron chi connectivity index (χ1n) is 4.94. The van der Waals surface area contributed by atoms with Gasteiger partial charge in [-0.15, -0.1) is 0 Å². The summed E-state index contributed by atoms with van der Waals surface area (Å²) < 4.78 is 0. The number of nitrogen functional groups attached to an aromatic ring is 1. The highest BCUT2D eigenvalue weighted by Gasteiger charge is 1.99. The summed E-state index contributed by atoms with van der Waals surface area (Å²) in [5.41, 5.74) is 6.40. The molecule has 0 bridgehead atoms. The fraction of sp³-hybridized carbons (Fsp3) is 0. The van der Waals surface area contributed by atoms with Crippen molar-refractivity contribution in [1.29, 1.82) is 0 Å². The summed E-state index contributed by atoms with van der Waals surface area (Å²) in [4.78, 5) is 0. The highest BCUT2D eigenvalue weighted by Crippen LogP contribution is 2.25. The van der Waals surface area contributed by atoms with E-state index < -0.39 is 0 Å². The van der Waals surface area contributed by atoms with Crippen LogP contribution in [0.2, 0.25) is 0 Å². The maximum atomic E-state index is 5.71. The number of anilines is 1. The van der Waals surface area contributed by atoms with Crippen LogP contribution in [0.3, 0.4) is 0 Å². The van der Waals surface area contributed by atoms with E-state index >= 15 is 0 Å². The third-order valence-electron chi connectivity index (χ3n) is 2.68. The molecule has 0 spiro atoms. The molecule has 1 heteroatoms. The standard InChI is InChI=1S/C14H10N/c15-12-7-8-14-11(9-12)6-5-10-3-1-2-4-13(10)14/h1-8H,15H2. The molecule has 1 nitrogen and oxygen atoms in total. The van der Waals surface area contributed by atoms with Gasteiger partial charge in [-0.1, -0.05) is 42.5 Å². The minimum Gasteiger partial charge on any atom is -0.398 e. The van der Waals surface area contributed by atoms with Crippen molar-refractivity contribution in [3.63, 3.8) is 0 Å². The molecule has 3 aromatic rings. The van der Waals surface area contributed by atoms with Gasteiger partial charge in [-0.25, -0.2) is 0 Å². The quantitative estimate of drug-likeness (QED) is 0.429. The van der Waals surface area contributed by atoms with E-state index in [2.05, 4.69) is 48.5 Å². The Bertz CT molecular complexity index is 641. The lowest BCUT2D eigenvalue weighted by Gasteiger charge is -2.03. The molecule has 0 amide bonds. The first kappa shape index (κ1) is 8.30. The molecule has 3 rings (SSSR count). The largest absolute Gasteiger partial charge is 0.398 e. The van der Waals surface area contributed by atoms with Crippen molar-refractivity contribution in [3.8, 4) is 0 Å². The monoisotopic (exact) mass is 192 g/mol. The summed E-state index contributed by atoms with van der Waals surface area (Å²) in [6.07, 6.45) is 0. The van der Waals surface area contributed by atoms with Crippen molar-refractivity contribution >= 4 is 27.2 Å². The predicted octanol–water partition coefficient (Wildman–Crippen LogP) is 3.38. The molecule has 0 unspecified atom stereocenters. The van der Waals surface area contributed by atoms with Gasteiger partial charge in [0.05, 0.1) is 0 Å². The van der Waals surface area contributed by atoms with Gasteiger partial charge >= 0.3 is 0 Å². The van der Waals surface area contributed by atoms with E-state index in [1.165, 1.54) is 16.2 Å². The lowest BCUT2D eigenvalue weighted by atomic mass is 10.0. The molecule has 15 heavy (non-hydrogen) atoms. The first-order chi connectivity index (χ1) is 7.34. The highest BCUT2D eigenvalue weighted by atomic mass is 14.5. The maximum Gasteiger partial charge on any atom is 0.0401 e. The molecule has 0 aromatic heterocycles. The molecule has 0 aliphatic heterocycles. The molecule has 1 radical (unpaired) electrons. The van der Waals surface area contributed by atoms with E-state index in [0.717, 1.165) is 5.39 Å². The minimum atomic E-state index is 0.692. The molecule has 0 aliphatic carbocycles. The van der Waals surface area contributed by atoms with Crippen molar-refractivity contribution < 1.29 is 0 Å². The van der Waals surface area contributed by atoms with Gasteiger partial charge < -0.3 is 5.73 Å². The smallest absolute Gasteiger partial charge is 0.0401 e. The summed E-state index contributed by atoms with van der Waals surface area (Å²) in [5, 5.41) is 4.80. The molecule has 0 saturated heterocycles. The Labute approximate surface area is 88.1 Å². The molecule has 0 saturated carbocycles. The van der Waals surface area contributed by atoms with Gasteiger partial charge in [0, 0.05) is 11.8 Å². The van der Waals surface area contributed by atoms with Crippen LogP contribution < -0.4 is 5.73 Å². The summed E-state index contributed by atoms with van der Waals surface area (Å²) in [6.45, 7) is 0. The average Bonchev–Trinajstić information content (AvgIpc) is 2.28. The van der Waals surface area contributed by atoms with Gasteiger partial charge in [-0.05, 0) is 27.6 Å². The summed E-state index contributed by atoms with van der Waals surface area (Å²) in [7, 11) is 0. The van der Waals surface area contributed by atoms with Crippen LogP contribution in [-0.2, 0) is 0 Å². The number of hydrogen-bond acceptors (Lipinski definition) is 1. The number of hydrogen-bond donors (Lipinski definition) is 1. The van der Waals surface area contributed by atoms with Crippen molar-refractivity contribution in [2.75, 3.05) is 5.73 Å². The Morgan fingerprint density at radius 2 is 1.67 bits per heavy atom. The SMILES string of the molecule is Nc1[c]c2ccc3ccccc3c2cc1. The van der Waals surface area contributed by atoms with E-state index in [1.807, 2.05) is 6.07 Å². The van der Waals surface area contributed by atoms with Crippen molar-refractivity contribution in [2.45, 2.75) is 0 Å². The molecule has 2 N–H and O–H groups in total. The fourth-order valence-electron chi connectivity index (χ4n) is 1.95. The highest BCUT2D eigenvalue weighted by molar-refractivity contribution is 6.07. The minimum absolute atomic E-state index is 0.692. The molecule has 0 heterocycles. The van der Waals surface area contributed by atoms with Crippen LogP contribution in [0.15, 0.2) is 48.5 Å². The normalized spacial score (nSPS) is 10.9. The molecule has 0 aliphatic rings. The molecular weight excluding hydrogens is 182 g/mol. The van der Waals surface area contributed by atoms with Gasteiger partial charge in [0.15, 0.2) is 0 Å². The van der Waals surface area contributed by atoms with Crippen LogP contribution >= 0.6 is 0 Å². The van der Waals surface area contributed by atoms with Crippen LogP contribution in [0.1, 0.15) is 0 Å². The number of fused-ring (bicyclic) bond motifs is 3. The summed E-state index contributed by atoms with van der Waals surface area (Å²) in [5.74, 6) is 0. The van der Waals surface area contributed by atoms with Gasteiger partial charge in [-0.2, -0.15) is 0 Å². The second-order valence-electron chi connectivity index (χ2n) is 3.66. The van der Waals surface area contributed by atoms with E-state index in [1.54, 1.807) is 0 Å². The number of rotatable bonds is 0.